The van der Waals surface area contributed by atoms with Crippen LogP contribution >= 0.6 is 0 Å². The molecule has 0 aromatic carbocycles. The van der Waals surface area contributed by atoms with Gasteiger partial charge in [0.25, 0.3) is 0 Å². The van der Waals surface area contributed by atoms with Crippen molar-refractivity contribution in [2.75, 3.05) is 6.54 Å². The van der Waals surface area contributed by atoms with Crippen molar-refractivity contribution in [3.05, 3.63) is 17.5 Å². The summed E-state index contributed by atoms with van der Waals surface area (Å²) in [6.45, 7) is 6.32. The van der Waals surface area contributed by atoms with Gasteiger partial charge in [-0.15, -0.1) is 0 Å². The lowest BCUT2D eigenvalue weighted by Crippen LogP contribution is -2.16. The Balaban J connectivity index is 2.06. The lowest BCUT2D eigenvalue weighted by Gasteiger charge is -2.23. The zero-order chi connectivity index (χ0) is 11.4. The smallest absolute Gasteiger partial charge is 0.0537 e. The van der Waals surface area contributed by atoms with Crippen LogP contribution in [0.25, 0.3) is 0 Å². The van der Waals surface area contributed by atoms with Gasteiger partial charge in [0.2, 0.25) is 0 Å². The summed E-state index contributed by atoms with van der Waals surface area (Å²) in [4.78, 5) is 0. The van der Waals surface area contributed by atoms with Crippen LogP contribution in [0.1, 0.15) is 56.3 Å². The van der Waals surface area contributed by atoms with Crippen LogP contribution in [0.2, 0.25) is 0 Å². The number of nitrogens with one attached hydrogen (secondary N) is 1. The van der Waals surface area contributed by atoms with E-state index >= 15 is 0 Å². The third-order valence-electron chi connectivity index (χ3n) is 3.63. The van der Waals surface area contributed by atoms with Gasteiger partial charge < -0.3 is 5.32 Å². The fourth-order valence-corrected chi connectivity index (χ4v) is 2.59. The number of hydrogen-bond donors (Lipinski definition) is 1. The van der Waals surface area contributed by atoms with E-state index in [1.54, 1.807) is 0 Å². The summed E-state index contributed by atoms with van der Waals surface area (Å²) in [5.74, 6) is 0. The standard InChI is InChI=1S/C13H23N3/c1-3-14-9-12-10-15-16(11(12)2)13-7-5-4-6-8-13/h10,13-14H,3-9H2,1-2H3. The second-order valence-electron chi connectivity index (χ2n) is 4.77. The molecule has 3 nitrogen and oxygen atoms in total. The molecular formula is C13H23N3. The number of rotatable bonds is 4. The second kappa shape index (κ2) is 5.48. The molecule has 2 rings (SSSR count). The first-order chi connectivity index (χ1) is 7.83. The van der Waals surface area contributed by atoms with E-state index in [0.29, 0.717) is 6.04 Å². The average Bonchev–Trinajstić information content (AvgIpc) is 2.69. The van der Waals surface area contributed by atoms with E-state index < -0.39 is 0 Å². The van der Waals surface area contributed by atoms with Crippen LogP contribution in [0, 0.1) is 6.92 Å². The highest BCUT2D eigenvalue weighted by atomic mass is 15.3. The quantitative estimate of drug-likeness (QED) is 0.847. The van der Waals surface area contributed by atoms with Gasteiger partial charge in [-0.05, 0) is 26.3 Å². The molecule has 1 saturated carbocycles. The maximum atomic E-state index is 4.57. The van der Waals surface area contributed by atoms with Crippen LogP contribution in [-0.4, -0.2) is 16.3 Å². The Kier molecular flexibility index (Phi) is 3.99. The third-order valence-corrected chi connectivity index (χ3v) is 3.63. The van der Waals surface area contributed by atoms with Crippen molar-refractivity contribution in [2.45, 2.75) is 58.5 Å². The fourth-order valence-electron chi connectivity index (χ4n) is 2.59. The molecule has 90 valence electrons. The lowest BCUT2D eigenvalue weighted by molar-refractivity contribution is 0.324. The molecule has 1 fully saturated rings. The van der Waals surface area contributed by atoms with Gasteiger partial charge in [0.15, 0.2) is 0 Å². The van der Waals surface area contributed by atoms with E-state index in [4.69, 9.17) is 0 Å². The van der Waals surface area contributed by atoms with Crippen molar-refractivity contribution in [3.63, 3.8) is 0 Å². The van der Waals surface area contributed by atoms with E-state index in [9.17, 15) is 0 Å². The van der Waals surface area contributed by atoms with Crippen LogP contribution in [-0.2, 0) is 6.54 Å². The molecule has 3 heteroatoms. The zero-order valence-electron chi connectivity index (χ0n) is 10.5. The van der Waals surface area contributed by atoms with Crippen molar-refractivity contribution in [3.8, 4) is 0 Å². The molecule has 1 aliphatic rings. The summed E-state index contributed by atoms with van der Waals surface area (Å²) >= 11 is 0. The third kappa shape index (κ3) is 2.46. The molecule has 1 aromatic rings. The largest absolute Gasteiger partial charge is 0.313 e. The van der Waals surface area contributed by atoms with Crippen LogP contribution in [0.15, 0.2) is 6.20 Å². The van der Waals surface area contributed by atoms with Gasteiger partial charge >= 0.3 is 0 Å². The van der Waals surface area contributed by atoms with Gasteiger partial charge in [0.05, 0.1) is 12.2 Å². The first-order valence-electron chi connectivity index (χ1n) is 6.56. The number of hydrogen-bond acceptors (Lipinski definition) is 2. The maximum Gasteiger partial charge on any atom is 0.0537 e. The highest BCUT2D eigenvalue weighted by Crippen LogP contribution is 2.29. The summed E-state index contributed by atoms with van der Waals surface area (Å²) < 4.78 is 2.26. The van der Waals surface area contributed by atoms with E-state index in [0.717, 1.165) is 13.1 Å². The van der Waals surface area contributed by atoms with Crippen molar-refractivity contribution < 1.29 is 0 Å². The van der Waals surface area contributed by atoms with Gasteiger partial charge in [0.1, 0.15) is 0 Å². The van der Waals surface area contributed by atoms with Gasteiger partial charge in [0, 0.05) is 17.8 Å². The van der Waals surface area contributed by atoms with E-state index in [-0.39, 0.29) is 0 Å². The van der Waals surface area contributed by atoms with Crippen LogP contribution in [0.5, 0.6) is 0 Å². The molecule has 0 amide bonds. The molecule has 0 bridgehead atoms. The molecule has 0 aliphatic heterocycles. The second-order valence-corrected chi connectivity index (χ2v) is 4.77. The summed E-state index contributed by atoms with van der Waals surface area (Å²) in [5, 5.41) is 7.94. The van der Waals surface area contributed by atoms with E-state index in [1.165, 1.54) is 43.4 Å². The molecule has 0 unspecified atom stereocenters. The SMILES string of the molecule is CCNCc1cnn(C2CCCCC2)c1C. The number of aromatic nitrogens is 2. The van der Waals surface area contributed by atoms with Crippen molar-refractivity contribution in [1.29, 1.82) is 0 Å². The predicted octanol–water partition coefficient (Wildman–Crippen LogP) is 2.81. The molecular weight excluding hydrogens is 198 g/mol. The maximum absolute atomic E-state index is 4.57. The highest BCUT2D eigenvalue weighted by Gasteiger charge is 2.18. The monoisotopic (exact) mass is 221 g/mol. The van der Waals surface area contributed by atoms with Crippen LogP contribution < -0.4 is 5.32 Å². The number of nitrogens with zero attached hydrogens (tertiary/aromatic N) is 2. The first kappa shape index (κ1) is 11.6. The van der Waals surface area contributed by atoms with Crippen molar-refractivity contribution in [2.24, 2.45) is 0 Å². The fraction of sp³-hybridized carbons (Fsp3) is 0.769. The van der Waals surface area contributed by atoms with E-state index in [2.05, 4.69) is 28.9 Å². The lowest BCUT2D eigenvalue weighted by atomic mass is 9.95. The van der Waals surface area contributed by atoms with Gasteiger partial charge in [-0.3, -0.25) is 4.68 Å². The summed E-state index contributed by atoms with van der Waals surface area (Å²) in [7, 11) is 0. The molecule has 1 heterocycles. The average molecular weight is 221 g/mol. The normalized spacial score (nSPS) is 17.9. The molecule has 1 aromatic heterocycles. The Hall–Kier alpha value is -0.830. The van der Waals surface area contributed by atoms with Gasteiger partial charge in [-0.1, -0.05) is 26.2 Å². The molecule has 0 radical (unpaired) electrons. The summed E-state index contributed by atoms with van der Waals surface area (Å²) in [6.07, 6.45) is 8.79. The molecule has 16 heavy (non-hydrogen) atoms. The topological polar surface area (TPSA) is 29.9 Å². The first-order valence-corrected chi connectivity index (χ1v) is 6.56. The Labute approximate surface area is 98.2 Å². The summed E-state index contributed by atoms with van der Waals surface area (Å²) in [6, 6.07) is 0.657. The zero-order valence-corrected chi connectivity index (χ0v) is 10.5. The van der Waals surface area contributed by atoms with E-state index in [1.807, 2.05) is 6.20 Å². The van der Waals surface area contributed by atoms with Crippen molar-refractivity contribution >= 4 is 0 Å². The predicted molar refractivity (Wildman–Crippen MR) is 66.5 cm³/mol. The molecule has 1 aliphatic carbocycles. The minimum absolute atomic E-state index is 0.657. The minimum atomic E-state index is 0.657. The highest BCUT2D eigenvalue weighted by molar-refractivity contribution is 5.16. The van der Waals surface area contributed by atoms with Gasteiger partial charge in [-0.2, -0.15) is 5.10 Å². The van der Waals surface area contributed by atoms with Crippen LogP contribution in [0.4, 0.5) is 0 Å². The minimum Gasteiger partial charge on any atom is -0.313 e. The van der Waals surface area contributed by atoms with Crippen LogP contribution in [0.3, 0.4) is 0 Å². The van der Waals surface area contributed by atoms with Gasteiger partial charge in [-0.25, -0.2) is 0 Å². The Morgan fingerprint density at radius 2 is 2.12 bits per heavy atom. The molecule has 0 spiro atoms. The molecule has 1 N–H and O–H groups in total. The molecule has 0 atom stereocenters. The Morgan fingerprint density at radius 1 is 1.38 bits per heavy atom. The Bertz CT molecular complexity index is 324. The summed E-state index contributed by atoms with van der Waals surface area (Å²) in [5.41, 5.74) is 2.71. The molecule has 0 saturated heterocycles. The Morgan fingerprint density at radius 3 is 2.81 bits per heavy atom. The van der Waals surface area contributed by atoms with Crippen molar-refractivity contribution in [1.82, 2.24) is 15.1 Å².